The zero-order valence-electron chi connectivity index (χ0n) is 15.2. The summed E-state index contributed by atoms with van der Waals surface area (Å²) in [5.41, 5.74) is -2.32. The lowest BCUT2D eigenvalue weighted by atomic mass is 10.0. The van der Waals surface area contributed by atoms with Crippen molar-refractivity contribution in [2.24, 2.45) is 4.99 Å². The molecule has 0 amide bonds. The number of aldehydes is 1. The second-order valence-electron chi connectivity index (χ2n) is 6.69. The highest BCUT2D eigenvalue weighted by molar-refractivity contribution is 6.01. The van der Waals surface area contributed by atoms with Crippen LogP contribution in [0.25, 0.3) is 0 Å². The number of nitrogens with one attached hydrogen (secondary N) is 1. The van der Waals surface area contributed by atoms with Gasteiger partial charge in [-0.2, -0.15) is 26.3 Å². The van der Waals surface area contributed by atoms with Crippen molar-refractivity contribution in [1.82, 2.24) is 10.4 Å². The summed E-state index contributed by atoms with van der Waals surface area (Å²) in [6, 6.07) is 0.889. The molecule has 0 bridgehead atoms. The van der Waals surface area contributed by atoms with Gasteiger partial charge in [-0.3, -0.25) is 4.99 Å². The van der Waals surface area contributed by atoms with E-state index in [0.717, 1.165) is 0 Å². The van der Waals surface area contributed by atoms with Crippen LogP contribution in [0.1, 0.15) is 23.1 Å². The average Bonchev–Trinajstić information content (AvgIpc) is 2.90. The number of aliphatic imine (C=N–C) groups is 1. The molecule has 1 atom stereocenters. The molecule has 3 rings (SSSR count). The summed E-state index contributed by atoms with van der Waals surface area (Å²) in [5, 5.41) is 1.52. The largest absolute Gasteiger partial charge is 0.459 e. The molecule has 1 unspecified atom stereocenters. The maximum atomic E-state index is 12.9. The first kappa shape index (κ1) is 21.8. The molecule has 0 aliphatic carbocycles. The molecular formula is C18H15F6N3O3. The number of halogens is 6. The summed E-state index contributed by atoms with van der Waals surface area (Å²) in [5.74, 6) is -1.16. The van der Waals surface area contributed by atoms with Crippen LogP contribution < -0.4 is 5.43 Å². The van der Waals surface area contributed by atoms with Gasteiger partial charge < -0.3 is 14.5 Å². The average molecular weight is 435 g/mol. The molecule has 12 heteroatoms. The van der Waals surface area contributed by atoms with Gasteiger partial charge in [0, 0.05) is 24.9 Å². The van der Waals surface area contributed by atoms with E-state index in [2.05, 4.69) is 10.4 Å². The Morgan fingerprint density at radius 1 is 1.17 bits per heavy atom. The SMILES string of the molecule is O=CC1(C(=O)OCc2cc(C(F)(F)F)cc(C(F)(F)F)c2)C=C2CN=CCCN2N1. The number of alkyl halides is 6. The number of fused-ring (bicyclic) bond motifs is 1. The van der Waals surface area contributed by atoms with Crippen LogP contribution in [0.3, 0.4) is 0 Å². The maximum absolute atomic E-state index is 12.9. The Labute approximate surface area is 166 Å². The number of esters is 1. The summed E-state index contributed by atoms with van der Waals surface area (Å²) in [6.07, 6.45) is -6.30. The van der Waals surface area contributed by atoms with E-state index in [1.807, 2.05) is 0 Å². The lowest BCUT2D eigenvalue weighted by Gasteiger charge is -2.25. The van der Waals surface area contributed by atoms with Crippen LogP contribution in [0.15, 0.2) is 35.0 Å². The molecule has 1 aromatic carbocycles. The summed E-state index contributed by atoms with van der Waals surface area (Å²) < 4.78 is 82.6. The van der Waals surface area contributed by atoms with E-state index in [4.69, 9.17) is 4.74 Å². The van der Waals surface area contributed by atoms with Crippen molar-refractivity contribution in [2.75, 3.05) is 13.1 Å². The molecule has 0 saturated heterocycles. The molecule has 162 valence electrons. The number of hydrogen-bond acceptors (Lipinski definition) is 6. The number of ether oxygens (including phenoxy) is 1. The Balaban J connectivity index is 1.81. The van der Waals surface area contributed by atoms with Gasteiger partial charge in [-0.15, -0.1) is 0 Å². The second kappa shape index (κ2) is 7.74. The molecular weight excluding hydrogens is 420 g/mol. The third-order valence-electron chi connectivity index (χ3n) is 4.47. The second-order valence-corrected chi connectivity index (χ2v) is 6.69. The smallest absolute Gasteiger partial charge is 0.416 e. The minimum atomic E-state index is -5.02. The van der Waals surface area contributed by atoms with Gasteiger partial charge in [0.15, 0.2) is 6.29 Å². The molecule has 1 N–H and O–H groups in total. The van der Waals surface area contributed by atoms with E-state index < -0.39 is 47.2 Å². The Morgan fingerprint density at radius 3 is 2.37 bits per heavy atom. The summed E-state index contributed by atoms with van der Waals surface area (Å²) in [7, 11) is 0. The third-order valence-corrected chi connectivity index (χ3v) is 4.47. The predicted molar refractivity (Wildman–Crippen MR) is 90.9 cm³/mol. The van der Waals surface area contributed by atoms with E-state index in [1.54, 1.807) is 6.21 Å². The lowest BCUT2D eigenvalue weighted by Crippen LogP contribution is -2.54. The predicted octanol–water partition coefficient (Wildman–Crippen LogP) is 2.88. The highest BCUT2D eigenvalue weighted by Gasteiger charge is 2.45. The molecule has 1 aromatic rings. The van der Waals surface area contributed by atoms with Gasteiger partial charge in [0.2, 0.25) is 5.54 Å². The summed E-state index contributed by atoms with van der Waals surface area (Å²) in [6.45, 7) is -0.288. The van der Waals surface area contributed by atoms with Crippen molar-refractivity contribution < 1.29 is 40.7 Å². The van der Waals surface area contributed by atoms with Crippen molar-refractivity contribution in [2.45, 2.75) is 30.9 Å². The van der Waals surface area contributed by atoms with Gasteiger partial charge in [-0.1, -0.05) is 0 Å². The topological polar surface area (TPSA) is 71.0 Å². The highest BCUT2D eigenvalue weighted by atomic mass is 19.4. The number of nitrogens with zero attached hydrogens (tertiary/aromatic N) is 2. The van der Waals surface area contributed by atoms with E-state index in [1.165, 1.54) is 11.1 Å². The van der Waals surface area contributed by atoms with Crippen LogP contribution in [0.5, 0.6) is 0 Å². The molecule has 0 fully saturated rings. The third kappa shape index (κ3) is 4.48. The van der Waals surface area contributed by atoms with Gasteiger partial charge in [0.05, 0.1) is 17.7 Å². The lowest BCUT2D eigenvalue weighted by molar-refractivity contribution is -0.153. The number of hydrogen-bond donors (Lipinski definition) is 1. The fourth-order valence-electron chi connectivity index (χ4n) is 3.02. The van der Waals surface area contributed by atoms with Gasteiger partial charge in [0.1, 0.15) is 6.61 Å². The number of rotatable bonds is 4. The van der Waals surface area contributed by atoms with Crippen molar-refractivity contribution >= 4 is 18.5 Å². The molecule has 6 nitrogen and oxygen atoms in total. The van der Waals surface area contributed by atoms with Crippen molar-refractivity contribution in [3.05, 3.63) is 46.7 Å². The standard InChI is InChI=1S/C18H15F6N3O3/c19-17(20,21)12-4-11(5-13(6-12)18(22,23)24)9-30-15(29)16(10-28)7-14-8-25-2-1-3-27(14)26-16/h2,4-7,10,26H,1,3,8-9H2. The highest BCUT2D eigenvalue weighted by Crippen LogP contribution is 2.36. The minimum Gasteiger partial charge on any atom is -0.459 e. The molecule has 2 aliphatic heterocycles. The van der Waals surface area contributed by atoms with E-state index in [9.17, 15) is 35.9 Å². The van der Waals surface area contributed by atoms with E-state index in [-0.39, 0.29) is 18.9 Å². The van der Waals surface area contributed by atoms with Crippen molar-refractivity contribution in [3.63, 3.8) is 0 Å². The summed E-state index contributed by atoms with van der Waals surface area (Å²) in [4.78, 5) is 28.2. The Hall–Kier alpha value is -2.89. The molecule has 0 saturated carbocycles. The number of carbonyl (C=O) groups is 2. The zero-order valence-corrected chi connectivity index (χ0v) is 15.2. The fraction of sp³-hybridized carbons (Fsp3) is 0.389. The quantitative estimate of drug-likeness (QED) is 0.341. The van der Waals surface area contributed by atoms with Gasteiger partial charge in [-0.25, -0.2) is 10.2 Å². The molecule has 30 heavy (non-hydrogen) atoms. The Morgan fingerprint density at radius 2 is 1.80 bits per heavy atom. The van der Waals surface area contributed by atoms with Crippen LogP contribution >= 0.6 is 0 Å². The monoisotopic (exact) mass is 435 g/mol. The normalized spacial score (nSPS) is 21.7. The van der Waals surface area contributed by atoms with Gasteiger partial charge in [-0.05, 0) is 29.8 Å². The first-order valence-corrected chi connectivity index (χ1v) is 8.62. The first-order valence-electron chi connectivity index (χ1n) is 8.62. The first-order chi connectivity index (χ1) is 13.9. The zero-order chi connectivity index (χ0) is 22.2. The van der Waals surface area contributed by atoms with Crippen LogP contribution in [0.2, 0.25) is 0 Å². The van der Waals surface area contributed by atoms with E-state index >= 15 is 0 Å². The van der Waals surface area contributed by atoms with Gasteiger partial charge >= 0.3 is 18.3 Å². The van der Waals surface area contributed by atoms with Crippen LogP contribution in [-0.2, 0) is 33.3 Å². The Bertz CT molecular complexity index is 877. The van der Waals surface area contributed by atoms with Crippen molar-refractivity contribution in [1.29, 1.82) is 0 Å². The minimum absolute atomic E-state index is 0.0252. The van der Waals surface area contributed by atoms with Crippen LogP contribution in [0, 0.1) is 0 Å². The molecule has 0 radical (unpaired) electrons. The number of hydrazine groups is 1. The number of carbonyl (C=O) groups excluding carboxylic acids is 2. The van der Waals surface area contributed by atoms with Gasteiger partial charge in [0.25, 0.3) is 0 Å². The van der Waals surface area contributed by atoms with Crippen LogP contribution in [0.4, 0.5) is 26.3 Å². The van der Waals surface area contributed by atoms with Crippen molar-refractivity contribution in [3.8, 4) is 0 Å². The Kier molecular flexibility index (Phi) is 5.63. The molecule has 0 aromatic heterocycles. The fourth-order valence-corrected chi connectivity index (χ4v) is 3.02. The maximum Gasteiger partial charge on any atom is 0.416 e. The molecule has 2 heterocycles. The molecule has 2 aliphatic rings. The number of benzene rings is 1. The molecule has 0 spiro atoms. The summed E-state index contributed by atoms with van der Waals surface area (Å²) >= 11 is 0. The van der Waals surface area contributed by atoms with E-state index in [0.29, 0.717) is 30.8 Å². The van der Waals surface area contributed by atoms with Crippen LogP contribution in [-0.4, -0.2) is 42.1 Å².